The van der Waals surface area contributed by atoms with E-state index in [9.17, 15) is 0 Å². The fraction of sp³-hybridized carbons (Fsp3) is 0.545. The first kappa shape index (κ1) is 9.97. The minimum Gasteiger partial charge on any atom is -0.358 e. The van der Waals surface area contributed by atoms with E-state index in [0.29, 0.717) is 0 Å². The predicted octanol–water partition coefficient (Wildman–Crippen LogP) is 2.94. The molecule has 0 radical (unpaired) electrons. The number of halogens is 1. The van der Waals surface area contributed by atoms with E-state index >= 15 is 0 Å². The van der Waals surface area contributed by atoms with Crippen LogP contribution in [0.5, 0.6) is 0 Å². The maximum absolute atomic E-state index is 4.36. The fourth-order valence-corrected chi connectivity index (χ4v) is 2.31. The van der Waals surface area contributed by atoms with E-state index in [1.807, 2.05) is 18.3 Å². The van der Waals surface area contributed by atoms with Gasteiger partial charge in [0.05, 0.1) is 4.47 Å². The van der Waals surface area contributed by atoms with E-state index in [0.717, 1.165) is 28.7 Å². The van der Waals surface area contributed by atoms with Gasteiger partial charge in [-0.2, -0.15) is 0 Å². The number of hydrogen-bond donors (Lipinski definition) is 0. The second-order valence-corrected chi connectivity index (χ2v) is 5.02. The van der Waals surface area contributed by atoms with Crippen LogP contribution in [0.15, 0.2) is 22.8 Å². The second-order valence-electron chi connectivity index (χ2n) is 4.16. The van der Waals surface area contributed by atoms with Gasteiger partial charge in [-0.1, -0.05) is 6.92 Å². The van der Waals surface area contributed by atoms with Gasteiger partial charge in [0.1, 0.15) is 5.82 Å². The van der Waals surface area contributed by atoms with Crippen molar-refractivity contribution in [2.45, 2.75) is 13.3 Å². The van der Waals surface area contributed by atoms with Crippen molar-refractivity contribution in [3.05, 3.63) is 22.8 Å². The molecule has 1 aliphatic rings. The lowest BCUT2D eigenvalue weighted by Gasteiger charge is -2.19. The maximum atomic E-state index is 4.36. The summed E-state index contributed by atoms with van der Waals surface area (Å²) >= 11 is 3.52. The van der Waals surface area contributed by atoms with Gasteiger partial charge >= 0.3 is 0 Å². The molecule has 2 rings (SSSR count). The van der Waals surface area contributed by atoms with E-state index in [-0.39, 0.29) is 0 Å². The number of anilines is 1. The molecule has 1 aromatic rings. The Morgan fingerprint density at radius 1 is 1.64 bits per heavy atom. The number of hydrogen-bond acceptors (Lipinski definition) is 2. The van der Waals surface area contributed by atoms with E-state index in [1.54, 1.807) is 0 Å². The zero-order valence-corrected chi connectivity index (χ0v) is 10.2. The van der Waals surface area contributed by atoms with Gasteiger partial charge in [0.15, 0.2) is 0 Å². The molecule has 0 amide bonds. The van der Waals surface area contributed by atoms with Gasteiger partial charge in [0, 0.05) is 19.8 Å². The second kappa shape index (κ2) is 3.89. The summed E-state index contributed by atoms with van der Waals surface area (Å²) in [5.41, 5.74) is 0. The molecule has 0 aromatic carbocycles. The van der Waals surface area contributed by atoms with Crippen LogP contribution in [-0.4, -0.2) is 18.6 Å². The molecule has 0 saturated heterocycles. The Labute approximate surface area is 93.5 Å². The Balaban J connectivity index is 2.03. The van der Waals surface area contributed by atoms with Crippen molar-refractivity contribution in [3.8, 4) is 0 Å². The van der Waals surface area contributed by atoms with Gasteiger partial charge in [-0.05, 0) is 46.3 Å². The molecule has 0 aliphatic heterocycles. The van der Waals surface area contributed by atoms with E-state index < -0.39 is 0 Å². The van der Waals surface area contributed by atoms with Crippen LogP contribution in [0.3, 0.4) is 0 Å². The standard InChI is InChI=1S/C11H15BrN2/c1-8-6-9(8)7-14(2)11-10(12)4-3-5-13-11/h3-5,8-9H,6-7H2,1-2H3. The third-order valence-corrected chi connectivity index (χ3v) is 3.50. The van der Waals surface area contributed by atoms with Crippen LogP contribution in [0.4, 0.5) is 5.82 Å². The van der Waals surface area contributed by atoms with Crippen molar-refractivity contribution in [1.82, 2.24) is 4.98 Å². The molecule has 0 spiro atoms. The van der Waals surface area contributed by atoms with E-state index in [4.69, 9.17) is 0 Å². The Morgan fingerprint density at radius 2 is 2.36 bits per heavy atom. The summed E-state index contributed by atoms with van der Waals surface area (Å²) in [5, 5.41) is 0. The van der Waals surface area contributed by atoms with Crippen molar-refractivity contribution in [3.63, 3.8) is 0 Å². The maximum Gasteiger partial charge on any atom is 0.142 e. The molecule has 2 unspecified atom stereocenters. The van der Waals surface area contributed by atoms with Gasteiger partial charge in [0.25, 0.3) is 0 Å². The van der Waals surface area contributed by atoms with Gasteiger partial charge < -0.3 is 4.90 Å². The van der Waals surface area contributed by atoms with Crippen molar-refractivity contribution in [2.75, 3.05) is 18.5 Å². The summed E-state index contributed by atoms with van der Waals surface area (Å²) in [6.45, 7) is 3.43. The van der Waals surface area contributed by atoms with Crippen molar-refractivity contribution >= 4 is 21.7 Å². The van der Waals surface area contributed by atoms with Crippen LogP contribution < -0.4 is 4.90 Å². The van der Waals surface area contributed by atoms with Gasteiger partial charge in [-0.25, -0.2) is 4.98 Å². The number of nitrogens with zero attached hydrogens (tertiary/aromatic N) is 2. The molecule has 3 heteroatoms. The van der Waals surface area contributed by atoms with Gasteiger partial charge in [0.2, 0.25) is 0 Å². The molecule has 1 heterocycles. The Morgan fingerprint density at radius 3 is 2.93 bits per heavy atom. The summed E-state index contributed by atoms with van der Waals surface area (Å²) in [5.74, 6) is 2.82. The Kier molecular flexibility index (Phi) is 2.77. The number of rotatable bonds is 3. The average Bonchev–Trinajstić information content (AvgIpc) is 2.82. The highest BCUT2D eigenvalue weighted by Gasteiger charge is 2.33. The quantitative estimate of drug-likeness (QED) is 0.825. The molecule has 2 atom stereocenters. The van der Waals surface area contributed by atoms with Crippen LogP contribution in [-0.2, 0) is 0 Å². The lowest BCUT2D eigenvalue weighted by atomic mass is 10.3. The molecule has 0 N–H and O–H groups in total. The molecule has 76 valence electrons. The minimum atomic E-state index is 0.869. The smallest absolute Gasteiger partial charge is 0.142 e. The molecule has 1 aromatic heterocycles. The molecule has 1 fully saturated rings. The highest BCUT2D eigenvalue weighted by Crippen LogP contribution is 2.39. The first-order chi connectivity index (χ1) is 6.68. The fourth-order valence-electron chi connectivity index (χ4n) is 1.75. The third kappa shape index (κ3) is 2.08. The van der Waals surface area contributed by atoms with Crippen LogP contribution in [0.1, 0.15) is 13.3 Å². The van der Waals surface area contributed by atoms with E-state index in [2.05, 4.69) is 39.8 Å². The van der Waals surface area contributed by atoms with Crippen LogP contribution in [0, 0.1) is 11.8 Å². The summed E-state index contributed by atoms with van der Waals surface area (Å²) in [6, 6.07) is 3.98. The zero-order chi connectivity index (χ0) is 10.1. The van der Waals surface area contributed by atoms with E-state index in [1.165, 1.54) is 6.42 Å². The Bertz CT molecular complexity index is 327. The molecule has 0 bridgehead atoms. The minimum absolute atomic E-state index is 0.869. The molecule has 2 nitrogen and oxygen atoms in total. The Hall–Kier alpha value is -0.570. The van der Waals surface area contributed by atoms with Crippen molar-refractivity contribution in [2.24, 2.45) is 11.8 Å². The van der Waals surface area contributed by atoms with Crippen LogP contribution in [0.25, 0.3) is 0 Å². The van der Waals surface area contributed by atoms with Gasteiger partial charge in [-0.15, -0.1) is 0 Å². The summed E-state index contributed by atoms with van der Waals surface area (Å²) in [4.78, 5) is 6.60. The summed E-state index contributed by atoms with van der Waals surface area (Å²) < 4.78 is 1.08. The highest BCUT2D eigenvalue weighted by molar-refractivity contribution is 9.10. The molecule has 1 aliphatic carbocycles. The normalized spacial score (nSPS) is 24.8. The molecular weight excluding hydrogens is 240 g/mol. The SMILES string of the molecule is CC1CC1CN(C)c1ncccc1Br. The lowest BCUT2D eigenvalue weighted by Crippen LogP contribution is -2.21. The monoisotopic (exact) mass is 254 g/mol. The van der Waals surface area contributed by atoms with Crippen LogP contribution in [0.2, 0.25) is 0 Å². The summed E-state index contributed by atoms with van der Waals surface area (Å²) in [6.07, 6.45) is 3.21. The van der Waals surface area contributed by atoms with Gasteiger partial charge in [-0.3, -0.25) is 0 Å². The summed E-state index contributed by atoms with van der Waals surface area (Å²) in [7, 11) is 2.11. The molecule has 1 saturated carbocycles. The third-order valence-electron chi connectivity index (χ3n) is 2.89. The zero-order valence-electron chi connectivity index (χ0n) is 8.57. The van der Waals surface area contributed by atoms with Crippen molar-refractivity contribution in [1.29, 1.82) is 0 Å². The largest absolute Gasteiger partial charge is 0.358 e. The first-order valence-corrected chi connectivity index (χ1v) is 5.79. The van der Waals surface area contributed by atoms with Crippen LogP contribution >= 0.6 is 15.9 Å². The topological polar surface area (TPSA) is 16.1 Å². The average molecular weight is 255 g/mol. The number of pyridine rings is 1. The van der Waals surface area contributed by atoms with Crippen molar-refractivity contribution < 1.29 is 0 Å². The first-order valence-electron chi connectivity index (χ1n) is 5.00. The molecule has 14 heavy (non-hydrogen) atoms. The lowest BCUT2D eigenvalue weighted by molar-refractivity contribution is 0.718. The predicted molar refractivity (Wildman–Crippen MR) is 62.5 cm³/mol. The number of aromatic nitrogens is 1. The molecular formula is C11H15BrN2. The highest BCUT2D eigenvalue weighted by atomic mass is 79.9.